The Bertz CT molecular complexity index is 425. The molecule has 1 heterocycles. The highest BCUT2D eigenvalue weighted by Crippen LogP contribution is 2.23. The standard InChI is InChI=1S/C9H14ClNO2S2/c1-7(2)15(12,13)11(3)6-8-4-5-9(10)14-8/h4-5,7H,6H2,1-3H3. The minimum absolute atomic E-state index is 0.387. The van der Waals surface area contributed by atoms with E-state index in [1.165, 1.54) is 15.6 Å². The maximum Gasteiger partial charge on any atom is 0.216 e. The summed E-state index contributed by atoms with van der Waals surface area (Å²) in [4.78, 5) is 0.951. The van der Waals surface area contributed by atoms with Gasteiger partial charge in [-0.2, -0.15) is 4.31 Å². The first-order valence-electron chi connectivity index (χ1n) is 4.53. The van der Waals surface area contributed by atoms with Crippen molar-refractivity contribution in [3.8, 4) is 0 Å². The molecule has 3 nitrogen and oxygen atoms in total. The van der Waals surface area contributed by atoms with Crippen LogP contribution < -0.4 is 0 Å². The summed E-state index contributed by atoms with van der Waals surface area (Å²) in [5.74, 6) is 0. The largest absolute Gasteiger partial charge is 0.216 e. The van der Waals surface area contributed by atoms with Crippen LogP contribution in [0.15, 0.2) is 12.1 Å². The van der Waals surface area contributed by atoms with Crippen molar-refractivity contribution in [1.29, 1.82) is 0 Å². The number of hydrogen-bond donors (Lipinski definition) is 0. The van der Waals surface area contributed by atoms with Gasteiger partial charge in [0.2, 0.25) is 10.0 Å². The quantitative estimate of drug-likeness (QED) is 0.841. The molecule has 0 aliphatic carbocycles. The molecule has 0 radical (unpaired) electrons. The number of halogens is 1. The topological polar surface area (TPSA) is 37.4 Å². The molecule has 0 fully saturated rings. The molecule has 1 aromatic rings. The molecular formula is C9H14ClNO2S2. The van der Waals surface area contributed by atoms with E-state index in [2.05, 4.69) is 0 Å². The fourth-order valence-corrected chi connectivity index (χ4v) is 3.37. The molecule has 0 atom stereocenters. The van der Waals surface area contributed by atoms with Gasteiger partial charge in [0.15, 0.2) is 0 Å². The van der Waals surface area contributed by atoms with Gasteiger partial charge in [0.05, 0.1) is 9.59 Å². The Morgan fingerprint density at radius 1 is 1.47 bits per heavy atom. The molecule has 15 heavy (non-hydrogen) atoms. The van der Waals surface area contributed by atoms with Crippen molar-refractivity contribution in [2.24, 2.45) is 0 Å². The Balaban J connectivity index is 2.76. The highest BCUT2D eigenvalue weighted by Gasteiger charge is 2.22. The van der Waals surface area contributed by atoms with Gasteiger partial charge < -0.3 is 0 Å². The molecule has 1 aromatic heterocycles. The van der Waals surface area contributed by atoms with E-state index >= 15 is 0 Å². The molecule has 0 unspecified atom stereocenters. The molecule has 0 saturated carbocycles. The lowest BCUT2D eigenvalue weighted by Gasteiger charge is -2.18. The fraction of sp³-hybridized carbons (Fsp3) is 0.556. The van der Waals surface area contributed by atoms with Crippen molar-refractivity contribution in [3.63, 3.8) is 0 Å². The van der Waals surface area contributed by atoms with Crippen LogP contribution in [-0.2, 0) is 16.6 Å². The van der Waals surface area contributed by atoms with Gasteiger partial charge in [-0.15, -0.1) is 11.3 Å². The zero-order valence-corrected chi connectivity index (χ0v) is 11.3. The lowest BCUT2D eigenvalue weighted by atomic mass is 10.5. The van der Waals surface area contributed by atoms with Crippen LogP contribution in [0.5, 0.6) is 0 Å². The summed E-state index contributed by atoms with van der Waals surface area (Å²) in [6.45, 7) is 3.73. The monoisotopic (exact) mass is 267 g/mol. The van der Waals surface area contributed by atoms with Crippen LogP contribution in [-0.4, -0.2) is 25.0 Å². The van der Waals surface area contributed by atoms with Gasteiger partial charge in [0, 0.05) is 18.5 Å². The molecule has 0 spiro atoms. The Hall–Kier alpha value is -0.100. The van der Waals surface area contributed by atoms with E-state index < -0.39 is 15.3 Å². The van der Waals surface area contributed by atoms with E-state index in [9.17, 15) is 8.42 Å². The summed E-state index contributed by atoms with van der Waals surface area (Å²) < 4.78 is 25.5. The first kappa shape index (κ1) is 13.0. The van der Waals surface area contributed by atoms with Crippen LogP contribution in [0.4, 0.5) is 0 Å². The first-order chi connectivity index (χ1) is 6.84. The van der Waals surface area contributed by atoms with Gasteiger partial charge in [-0.05, 0) is 26.0 Å². The Morgan fingerprint density at radius 3 is 2.47 bits per heavy atom. The van der Waals surface area contributed by atoms with Gasteiger partial charge in [-0.1, -0.05) is 11.6 Å². The number of thiophene rings is 1. The molecule has 0 aliphatic rings. The van der Waals surface area contributed by atoms with Crippen LogP contribution in [0, 0.1) is 0 Å². The Labute approximate surface area is 99.7 Å². The second-order valence-electron chi connectivity index (χ2n) is 3.56. The molecule has 0 N–H and O–H groups in total. The second-order valence-corrected chi connectivity index (χ2v) is 7.95. The molecule has 6 heteroatoms. The zero-order chi connectivity index (χ0) is 11.6. The van der Waals surface area contributed by atoms with Gasteiger partial charge in [0.1, 0.15) is 0 Å². The van der Waals surface area contributed by atoms with Gasteiger partial charge in [0.25, 0.3) is 0 Å². The van der Waals surface area contributed by atoms with E-state index in [-0.39, 0.29) is 0 Å². The van der Waals surface area contributed by atoms with Crippen LogP contribution in [0.25, 0.3) is 0 Å². The Morgan fingerprint density at radius 2 is 2.07 bits per heavy atom. The molecule has 0 amide bonds. The average Bonchev–Trinajstić information content (AvgIpc) is 2.50. The van der Waals surface area contributed by atoms with E-state index in [0.29, 0.717) is 10.9 Å². The van der Waals surface area contributed by atoms with E-state index in [4.69, 9.17) is 11.6 Å². The van der Waals surface area contributed by atoms with Gasteiger partial charge in [-0.25, -0.2) is 8.42 Å². The van der Waals surface area contributed by atoms with E-state index in [1.807, 2.05) is 6.07 Å². The smallest absolute Gasteiger partial charge is 0.212 e. The van der Waals surface area contributed by atoms with Crippen molar-refractivity contribution in [1.82, 2.24) is 4.31 Å². The number of hydrogen-bond acceptors (Lipinski definition) is 3. The van der Waals surface area contributed by atoms with Crippen LogP contribution >= 0.6 is 22.9 Å². The van der Waals surface area contributed by atoms with Crippen LogP contribution in [0.2, 0.25) is 4.34 Å². The maximum atomic E-state index is 11.7. The third-order valence-corrected chi connectivity index (χ3v) is 5.44. The van der Waals surface area contributed by atoms with Crippen LogP contribution in [0.1, 0.15) is 18.7 Å². The predicted octanol–water partition coefficient (Wildman–Crippen LogP) is 2.57. The molecule has 0 saturated heterocycles. The average molecular weight is 268 g/mol. The SMILES string of the molecule is CC(C)S(=O)(=O)N(C)Cc1ccc(Cl)s1. The van der Waals surface area contributed by atoms with Crippen molar-refractivity contribution in [2.45, 2.75) is 25.6 Å². The third-order valence-electron chi connectivity index (χ3n) is 2.04. The minimum atomic E-state index is -3.17. The molecular weight excluding hydrogens is 254 g/mol. The van der Waals surface area contributed by atoms with Crippen molar-refractivity contribution < 1.29 is 8.42 Å². The fourth-order valence-electron chi connectivity index (χ4n) is 1.11. The second kappa shape index (κ2) is 4.82. The van der Waals surface area contributed by atoms with Crippen molar-refractivity contribution >= 4 is 33.0 Å². The summed E-state index contributed by atoms with van der Waals surface area (Å²) in [7, 11) is -1.58. The minimum Gasteiger partial charge on any atom is -0.212 e. The zero-order valence-electron chi connectivity index (χ0n) is 8.90. The maximum absolute atomic E-state index is 11.7. The van der Waals surface area contributed by atoms with E-state index in [1.54, 1.807) is 27.0 Å². The molecule has 0 bridgehead atoms. The summed E-state index contributed by atoms with van der Waals surface area (Å²) in [5, 5.41) is -0.391. The van der Waals surface area contributed by atoms with Gasteiger partial charge in [-0.3, -0.25) is 0 Å². The normalized spacial score (nSPS) is 12.7. The summed E-state index contributed by atoms with van der Waals surface area (Å²) in [5.41, 5.74) is 0. The predicted molar refractivity (Wildman–Crippen MR) is 64.9 cm³/mol. The highest BCUT2D eigenvalue weighted by atomic mass is 35.5. The van der Waals surface area contributed by atoms with Crippen molar-refractivity contribution in [2.75, 3.05) is 7.05 Å². The lowest BCUT2D eigenvalue weighted by molar-refractivity contribution is 0.462. The first-order valence-corrected chi connectivity index (χ1v) is 7.23. The molecule has 0 aromatic carbocycles. The molecule has 86 valence electrons. The molecule has 1 rings (SSSR count). The third kappa shape index (κ3) is 3.17. The summed E-state index contributed by atoms with van der Waals surface area (Å²) in [6.07, 6.45) is 0. The van der Waals surface area contributed by atoms with Gasteiger partial charge >= 0.3 is 0 Å². The van der Waals surface area contributed by atoms with Crippen LogP contribution in [0.3, 0.4) is 0 Å². The number of sulfonamides is 1. The molecule has 0 aliphatic heterocycles. The summed E-state index contributed by atoms with van der Waals surface area (Å²) >= 11 is 7.17. The van der Waals surface area contributed by atoms with Crippen molar-refractivity contribution in [3.05, 3.63) is 21.3 Å². The van der Waals surface area contributed by atoms with E-state index in [0.717, 1.165) is 4.88 Å². The Kier molecular flexibility index (Phi) is 4.17. The number of nitrogens with zero attached hydrogens (tertiary/aromatic N) is 1. The highest BCUT2D eigenvalue weighted by molar-refractivity contribution is 7.89. The lowest BCUT2D eigenvalue weighted by Crippen LogP contribution is -2.32. The summed E-state index contributed by atoms with van der Waals surface area (Å²) in [6, 6.07) is 3.62. The number of rotatable bonds is 4.